The van der Waals surface area contributed by atoms with Crippen LogP contribution in [0.5, 0.6) is 0 Å². The summed E-state index contributed by atoms with van der Waals surface area (Å²) in [6.07, 6.45) is 1.93. The van der Waals surface area contributed by atoms with Crippen LogP contribution in [0.4, 0.5) is 0 Å². The first-order valence-electron chi connectivity index (χ1n) is 5.04. The zero-order valence-corrected chi connectivity index (χ0v) is 8.99. The van der Waals surface area contributed by atoms with E-state index in [0.29, 0.717) is 19.6 Å². The standard InChI is InChI=1S/C10H16N2O4/c1-2-4-11-6-8(13)12-10(9(14)15)3-5-16-7-10/h2,11H,1,3-7H2,(H,12,13)(H,14,15). The van der Waals surface area contributed by atoms with E-state index in [4.69, 9.17) is 9.84 Å². The number of hydrogen-bond donors (Lipinski definition) is 3. The lowest BCUT2D eigenvalue weighted by molar-refractivity contribution is -0.147. The second-order valence-corrected chi connectivity index (χ2v) is 3.66. The molecule has 1 atom stereocenters. The highest BCUT2D eigenvalue weighted by Crippen LogP contribution is 2.18. The summed E-state index contributed by atoms with van der Waals surface area (Å²) >= 11 is 0. The zero-order chi connectivity index (χ0) is 12.0. The number of rotatable bonds is 6. The van der Waals surface area contributed by atoms with E-state index in [1.54, 1.807) is 6.08 Å². The minimum Gasteiger partial charge on any atom is -0.479 e. The highest BCUT2D eigenvalue weighted by molar-refractivity contribution is 5.88. The van der Waals surface area contributed by atoms with Gasteiger partial charge < -0.3 is 20.5 Å². The number of carbonyl (C=O) groups is 2. The molecule has 0 aliphatic carbocycles. The molecule has 1 aliphatic heterocycles. The molecular formula is C10H16N2O4. The Balaban J connectivity index is 2.46. The predicted molar refractivity (Wildman–Crippen MR) is 57.0 cm³/mol. The maximum absolute atomic E-state index is 11.5. The molecular weight excluding hydrogens is 212 g/mol. The van der Waals surface area contributed by atoms with Crippen LogP contribution in [0, 0.1) is 0 Å². The molecule has 1 unspecified atom stereocenters. The number of carboxylic acid groups (broad SMARTS) is 1. The molecule has 1 amide bonds. The third-order valence-corrected chi connectivity index (χ3v) is 2.38. The summed E-state index contributed by atoms with van der Waals surface area (Å²) in [5.41, 5.74) is -1.26. The highest BCUT2D eigenvalue weighted by Gasteiger charge is 2.43. The maximum Gasteiger partial charge on any atom is 0.331 e. The lowest BCUT2D eigenvalue weighted by atomic mass is 9.99. The van der Waals surface area contributed by atoms with E-state index in [1.165, 1.54) is 0 Å². The fourth-order valence-corrected chi connectivity index (χ4v) is 1.48. The molecule has 0 aromatic rings. The summed E-state index contributed by atoms with van der Waals surface area (Å²) in [7, 11) is 0. The second-order valence-electron chi connectivity index (χ2n) is 3.66. The molecule has 90 valence electrons. The Labute approximate surface area is 93.7 Å². The molecule has 16 heavy (non-hydrogen) atoms. The van der Waals surface area contributed by atoms with Crippen LogP contribution in [0.3, 0.4) is 0 Å². The van der Waals surface area contributed by atoms with E-state index in [9.17, 15) is 9.59 Å². The first-order chi connectivity index (χ1) is 7.60. The van der Waals surface area contributed by atoms with Crippen molar-refractivity contribution in [3.8, 4) is 0 Å². The fourth-order valence-electron chi connectivity index (χ4n) is 1.48. The summed E-state index contributed by atoms with van der Waals surface area (Å²) < 4.78 is 5.02. The molecule has 0 spiro atoms. The van der Waals surface area contributed by atoms with Crippen molar-refractivity contribution >= 4 is 11.9 Å². The average Bonchev–Trinajstić information content (AvgIpc) is 2.68. The molecule has 3 N–H and O–H groups in total. The molecule has 0 bridgehead atoms. The van der Waals surface area contributed by atoms with Gasteiger partial charge in [0.05, 0.1) is 13.2 Å². The van der Waals surface area contributed by atoms with E-state index in [1.807, 2.05) is 0 Å². The van der Waals surface area contributed by atoms with Gasteiger partial charge in [-0.25, -0.2) is 4.79 Å². The maximum atomic E-state index is 11.5. The summed E-state index contributed by atoms with van der Waals surface area (Å²) in [6.45, 7) is 4.45. The van der Waals surface area contributed by atoms with Crippen molar-refractivity contribution in [2.45, 2.75) is 12.0 Å². The quantitative estimate of drug-likeness (QED) is 0.406. The van der Waals surface area contributed by atoms with Crippen molar-refractivity contribution in [3.05, 3.63) is 12.7 Å². The normalized spacial score (nSPS) is 24.0. The van der Waals surface area contributed by atoms with Gasteiger partial charge in [-0.2, -0.15) is 0 Å². The van der Waals surface area contributed by atoms with Crippen molar-refractivity contribution < 1.29 is 19.4 Å². The number of carbonyl (C=O) groups excluding carboxylic acids is 1. The van der Waals surface area contributed by atoms with Crippen LogP contribution in [-0.2, 0) is 14.3 Å². The predicted octanol–water partition coefficient (Wildman–Crippen LogP) is -0.878. The number of ether oxygens (including phenoxy) is 1. The number of carboxylic acids is 1. The molecule has 0 aromatic carbocycles. The molecule has 0 saturated carbocycles. The van der Waals surface area contributed by atoms with Crippen LogP contribution in [0.25, 0.3) is 0 Å². The van der Waals surface area contributed by atoms with E-state index in [2.05, 4.69) is 17.2 Å². The highest BCUT2D eigenvalue weighted by atomic mass is 16.5. The molecule has 0 radical (unpaired) electrons. The number of nitrogens with one attached hydrogen (secondary N) is 2. The largest absolute Gasteiger partial charge is 0.479 e. The fraction of sp³-hybridized carbons (Fsp3) is 0.600. The van der Waals surface area contributed by atoms with Gasteiger partial charge in [0.25, 0.3) is 0 Å². The van der Waals surface area contributed by atoms with E-state index >= 15 is 0 Å². The van der Waals surface area contributed by atoms with Gasteiger partial charge in [-0.1, -0.05) is 6.08 Å². The van der Waals surface area contributed by atoms with Crippen molar-refractivity contribution in [3.63, 3.8) is 0 Å². The van der Waals surface area contributed by atoms with Crippen molar-refractivity contribution in [2.24, 2.45) is 0 Å². The van der Waals surface area contributed by atoms with Gasteiger partial charge in [0, 0.05) is 19.6 Å². The lowest BCUT2D eigenvalue weighted by Gasteiger charge is -2.23. The Bertz CT molecular complexity index is 285. The van der Waals surface area contributed by atoms with Gasteiger partial charge in [-0.3, -0.25) is 4.79 Å². The molecule has 1 rings (SSSR count). The number of amides is 1. The van der Waals surface area contributed by atoms with Gasteiger partial charge in [-0.15, -0.1) is 6.58 Å². The van der Waals surface area contributed by atoms with Crippen molar-refractivity contribution in [1.82, 2.24) is 10.6 Å². The van der Waals surface area contributed by atoms with Gasteiger partial charge in [0.1, 0.15) is 0 Å². The first-order valence-corrected chi connectivity index (χ1v) is 5.04. The van der Waals surface area contributed by atoms with Crippen molar-refractivity contribution in [2.75, 3.05) is 26.3 Å². The Hall–Kier alpha value is -1.40. The van der Waals surface area contributed by atoms with Crippen LogP contribution < -0.4 is 10.6 Å². The Morgan fingerprint density at radius 2 is 2.31 bits per heavy atom. The van der Waals surface area contributed by atoms with Gasteiger partial charge in [-0.05, 0) is 0 Å². The smallest absolute Gasteiger partial charge is 0.331 e. The third-order valence-electron chi connectivity index (χ3n) is 2.38. The van der Waals surface area contributed by atoms with Crippen LogP contribution in [0.15, 0.2) is 12.7 Å². The molecule has 1 fully saturated rings. The number of hydrogen-bond acceptors (Lipinski definition) is 4. The van der Waals surface area contributed by atoms with Crippen LogP contribution in [-0.4, -0.2) is 48.8 Å². The topological polar surface area (TPSA) is 87.7 Å². The zero-order valence-electron chi connectivity index (χ0n) is 8.99. The Kier molecular flexibility index (Phi) is 4.45. The molecule has 6 nitrogen and oxygen atoms in total. The number of aliphatic carboxylic acids is 1. The third kappa shape index (κ3) is 3.04. The minimum absolute atomic E-state index is 0.0233. The van der Waals surface area contributed by atoms with Crippen LogP contribution in [0.2, 0.25) is 0 Å². The second kappa shape index (κ2) is 5.62. The van der Waals surface area contributed by atoms with Crippen LogP contribution in [0.1, 0.15) is 6.42 Å². The van der Waals surface area contributed by atoms with Gasteiger partial charge in [0.2, 0.25) is 5.91 Å². The summed E-state index contributed by atoms with van der Waals surface area (Å²) in [4.78, 5) is 22.5. The van der Waals surface area contributed by atoms with E-state index in [-0.39, 0.29) is 19.1 Å². The monoisotopic (exact) mass is 228 g/mol. The lowest BCUT2D eigenvalue weighted by Crippen LogP contribution is -2.56. The van der Waals surface area contributed by atoms with Gasteiger partial charge in [0.15, 0.2) is 5.54 Å². The molecule has 0 aromatic heterocycles. The Morgan fingerprint density at radius 3 is 2.81 bits per heavy atom. The molecule has 1 saturated heterocycles. The van der Waals surface area contributed by atoms with Gasteiger partial charge >= 0.3 is 5.97 Å². The molecule has 6 heteroatoms. The Morgan fingerprint density at radius 1 is 1.56 bits per heavy atom. The van der Waals surface area contributed by atoms with E-state index in [0.717, 1.165) is 0 Å². The average molecular weight is 228 g/mol. The molecule has 1 aliphatic rings. The van der Waals surface area contributed by atoms with Crippen molar-refractivity contribution in [1.29, 1.82) is 0 Å². The first kappa shape index (κ1) is 12.7. The molecule has 1 heterocycles. The SMILES string of the molecule is C=CCNCC(=O)NC1(C(=O)O)CCOC1. The minimum atomic E-state index is -1.26. The van der Waals surface area contributed by atoms with E-state index < -0.39 is 11.5 Å². The van der Waals surface area contributed by atoms with Crippen LogP contribution >= 0.6 is 0 Å². The summed E-state index contributed by atoms with van der Waals surface area (Å²) in [6, 6.07) is 0. The summed E-state index contributed by atoms with van der Waals surface area (Å²) in [5, 5.41) is 14.3. The summed E-state index contributed by atoms with van der Waals surface area (Å²) in [5.74, 6) is -1.41.